The van der Waals surface area contributed by atoms with Crippen molar-refractivity contribution in [3.8, 4) is 11.5 Å². The molecule has 25 heavy (non-hydrogen) atoms. The molecule has 2 aromatic rings. The summed E-state index contributed by atoms with van der Waals surface area (Å²) in [5, 5.41) is 2.56. The standard InChI is InChI=1S/C18H19ClN2O4/c1-20-18(23)21(2)17(22)13-9-16(15(24-3)10-14(13)19)25-11-12-7-5-4-6-8-12/h4-10H,11H2,1-3H3,(H,20,23). The molecular formula is C18H19ClN2O4. The molecule has 0 atom stereocenters. The number of hydrogen-bond acceptors (Lipinski definition) is 4. The lowest BCUT2D eigenvalue weighted by Gasteiger charge is -2.17. The number of methoxy groups -OCH3 is 1. The van der Waals surface area contributed by atoms with E-state index in [2.05, 4.69) is 5.32 Å². The van der Waals surface area contributed by atoms with Gasteiger partial charge in [-0.25, -0.2) is 4.79 Å². The largest absolute Gasteiger partial charge is 0.493 e. The van der Waals surface area contributed by atoms with Crippen LogP contribution in [0.3, 0.4) is 0 Å². The number of ether oxygens (including phenoxy) is 2. The summed E-state index contributed by atoms with van der Waals surface area (Å²) in [6.45, 7) is 0.303. The summed E-state index contributed by atoms with van der Waals surface area (Å²) in [7, 11) is 4.29. The normalized spacial score (nSPS) is 10.1. The van der Waals surface area contributed by atoms with Gasteiger partial charge in [0.1, 0.15) is 6.61 Å². The number of imide groups is 1. The number of halogens is 1. The summed E-state index contributed by atoms with van der Waals surface area (Å²) in [5.41, 5.74) is 1.12. The fourth-order valence-corrected chi connectivity index (χ4v) is 2.38. The molecule has 6 nitrogen and oxygen atoms in total. The molecule has 0 fully saturated rings. The van der Waals surface area contributed by atoms with Gasteiger partial charge >= 0.3 is 6.03 Å². The summed E-state index contributed by atoms with van der Waals surface area (Å²) in [6, 6.07) is 12.0. The van der Waals surface area contributed by atoms with Crippen LogP contribution < -0.4 is 14.8 Å². The van der Waals surface area contributed by atoms with Crippen LogP contribution in [0, 0.1) is 0 Å². The smallest absolute Gasteiger partial charge is 0.323 e. The lowest BCUT2D eigenvalue weighted by Crippen LogP contribution is -2.39. The Morgan fingerprint density at radius 2 is 1.84 bits per heavy atom. The molecule has 0 heterocycles. The van der Waals surface area contributed by atoms with E-state index < -0.39 is 11.9 Å². The van der Waals surface area contributed by atoms with E-state index in [0.29, 0.717) is 18.1 Å². The number of urea groups is 1. The minimum absolute atomic E-state index is 0.150. The molecule has 0 aromatic heterocycles. The molecule has 0 bridgehead atoms. The molecule has 0 saturated heterocycles. The topological polar surface area (TPSA) is 67.9 Å². The van der Waals surface area contributed by atoms with Gasteiger partial charge in [0.25, 0.3) is 5.91 Å². The van der Waals surface area contributed by atoms with Crippen LogP contribution in [0.5, 0.6) is 11.5 Å². The van der Waals surface area contributed by atoms with Crippen molar-refractivity contribution >= 4 is 23.5 Å². The summed E-state index contributed by atoms with van der Waals surface area (Å²) in [5.74, 6) is 0.223. The minimum atomic E-state index is -0.545. The summed E-state index contributed by atoms with van der Waals surface area (Å²) in [4.78, 5) is 25.1. The number of nitrogens with zero attached hydrogens (tertiary/aromatic N) is 1. The molecule has 2 rings (SSSR count). The number of carbonyl (C=O) groups excluding carboxylic acids is 2. The van der Waals surface area contributed by atoms with Gasteiger partial charge in [-0.2, -0.15) is 0 Å². The quantitative estimate of drug-likeness (QED) is 0.885. The van der Waals surface area contributed by atoms with Gasteiger partial charge in [0.05, 0.1) is 17.7 Å². The van der Waals surface area contributed by atoms with Crippen LogP contribution in [0.2, 0.25) is 5.02 Å². The molecule has 3 amide bonds. The fourth-order valence-electron chi connectivity index (χ4n) is 2.15. The number of carbonyl (C=O) groups is 2. The number of nitrogens with one attached hydrogen (secondary N) is 1. The Morgan fingerprint density at radius 3 is 2.44 bits per heavy atom. The molecule has 0 aliphatic carbocycles. The average molecular weight is 363 g/mol. The van der Waals surface area contributed by atoms with Crippen molar-refractivity contribution in [2.45, 2.75) is 6.61 Å². The van der Waals surface area contributed by atoms with E-state index in [1.54, 1.807) is 0 Å². The molecule has 2 aromatic carbocycles. The van der Waals surface area contributed by atoms with Crippen molar-refractivity contribution in [2.75, 3.05) is 21.2 Å². The SMILES string of the molecule is CNC(=O)N(C)C(=O)c1cc(OCc2ccccc2)c(OC)cc1Cl. The predicted molar refractivity (Wildman–Crippen MR) is 95.3 cm³/mol. The van der Waals surface area contributed by atoms with Gasteiger partial charge in [-0.1, -0.05) is 41.9 Å². The van der Waals surface area contributed by atoms with Crippen molar-refractivity contribution in [3.63, 3.8) is 0 Å². The predicted octanol–water partition coefficient (Wildman–Crippen LogP) is 3.34. The van der Waals surface area contributed by atoms with Gasteiger partial charge < -0.3 is 14.8 Å². The van der Waals surface area contributed by atoms with Crippen LogP contribution in [0.4, 0.5) is 4.79 Å². The Balaban J connectivity index is 2.30. The van der Waals surface area contributed by atoms with Crippen molar-refractivity contribution in [2.24, 2.45) is 0 Å². The molecule has 0 aliphatic heterocycles. The average Bonchev–Trinajstić information content (AvgIpc) is 2.65. The van der Waals surface area contributed by atoms with Crippen LogP contribution in [0.15, 0.2) is 42.5 Å². The van der Waals surface area contributed by atoms with Crippen LogP contribution in [-0.2, 0) is 6.61 Å². The van der Waals surface area contributed by atoms with Crippen molar-refractivity contribution < 1.29 is 19.1 Å². The van der Waals surface area contributed by atoms with Crippen molar-refractivity contribution in [1.82, 2.24) is 10.2 Å². The molecule has 0 aliphatic rings. The van der Waals surface area contributed by atoms with Crippen LogP contribution >= 0.6 is 11.6 Å². The second-order valence-corrected chi connectivity index (χ2v) is 5.58. The molecule has 0 unspecified atom stereocenters. The second-order valence-electron chi connectivity index (χ2n) is 5.18. The Bertz CT molecular complexity index is 765. The van der Waals surface area contributed by atoms with Crippen molar-refractivity contribution in [3.05, 3.63) is 58.6 Å². The van der Waals surface area contributed by atoms with E-state index in [4.69, 9.17) is 21.1 Å². The summed E-state index contributed by atoms with van der Waals surface area (Å²) < 4.78 is 11.0. The Kier molecular flexibility index (Phi) is 6.25. The summed E-state index contributed by atoms with van der Waals surface area (Å²) in [6.07, 6.45) is 0. The molecular weight excluding hydrogens is 344 g/mol. The first-order valence-electron chi connectivity index (χ1n) is 7.52. The van der Waals surface area contributed by atoms with E-state index >= 15 is 0 Å². The Morgan fingerprint density at radius 1 is 1.16 bits per heavy atom. The maximum Gasteiger partial charge on any atom is 0.323 e. The highest BCUT2D eigenvalue weighted by atomic mass is 35.5. The maximum absolute atomic E-state index is 12.5. The van der Waals surface area contributed by atoms with Crippen LogP contribution in [0.1, 0.15) is 15.9 Å². The van der Waals surface area contributed by atoms with Crippen LogP contribution in [0.25, 0.3) is 0 Å². The molecule has 0 spiro atoms. The third-order valence-electron chi connectivity index (χ3n) is 3.54. The minimum Gasteiger partial charge on any atom is -0.493 e. The molecule has 0 saturated carbocycles. The zero-order valence-electron chi connectivity index (χ0n) is 14.2. The first-order valence-corrected chi connectivity index (χ1v) is 7.89. The molecule has 132 valence electrons. The highest BCUT2D eigenvalue weighted by molar-refractivity contribution is 6.34. The zero-order valence-corrected chi connectivity index (χ0v) is 15.0. The van der Waals surface area contributed by atoms with Gasteiger partial charge in [0, 0.05) is 20.2 Å². The molecule has 0 radical (unpaired) electrons. The van der Waals surface area contributed by atoms with Gasteiger partial charge in [-0.15, -0.1) is 0 Å². The highest BCUT2D eigenvalue weighted by Crippen LogP contribution is 2.34. The molecule has 1 N–H and O–H groups in total. The monoisotopic (exact) mass is 362 g/mol. The first-order chi connectivity index (χ1) is 12.0. The Hall–Kier alpha value is -2.73. The lowest BCUT2D eigenvalue weighted by molar-refractivity contribution is 0.0832. The fraction of sp³-hybridized carbons (Fsp3) is 0.222. The second kappa shape index (κ2) is 8.39. The third kappa shape index (κ3) is 4.42. The third-order valence-corrected chi connectivity index (χ3v) is 3.86. The zero-order chi connectivity index (χ0) is 18.4. The van der Waals surface area contributed by atoms with Gasteiger partial charge in [-0.05, 0) is 11.6 Å². The number of hydrogen-bond donors (Lipinski definition) is 1. The summed E-state index contributed by atoms with van der Waals surface area (Å²) >= 11 is 6.17. The van der Waals surface area contributed by atoms with Gasteiger partial charge in [0.15, 0.2) is 11.5 Å². The van der Waals surface area contributed by atoms with E-state index in [1.807, 2.05) is 30.3 Å². The van der Waals surface area contributed by atoms with E-state index in [0.717, 1.165) is 10.5 Å². The van der Waals surface area contributed by atoms with E-state index in [1.165, 1.54) is 33.3 Å². The van der Waals surface area contributed by atoms with Gasteiger partial charge in [-0.3, -0.25) is 9.69 Å². The highest BCUT2D eigenvalue weighted by Gasteiger charge is 2.22. The Labute approximate surface area is 151 Å². The maximum atomic E-state index is 12.5. The van der Waals surface area contributed by atoms with Crippen molar-refractivity contribution in [1.29, 1.82) is 0 Å². The van der Waals surface area contributed by atoms with Crippen LogP contribution in [-0.4, -0.2) is 38.0 Å². The van der Waals surface area contributed by atoms with Gasteiger partial charge in [0.2, 0.25) is 0 Å². The number of benzene rings is 2. The number of amides is 3. The van der Waals surface area contributed by atoms with E-state index in [-0.39, 0.29) is 10.6 Å². The lowest BCUT2D eigenvalue weighted by atomic mass is 10.1. The van der Waals surface area contributed by atoms with E-state index in [9.17, 15) is 9.59 Å². The first kappa shape index (κ1) is 18.6. The number of rotatable bonds is 5. The molecule has 7 heteroatoms.